The van der Waals surface area contributed by atoms with Crippen LogP contribution >= 0.6 is 0 Å². The zero-order chi connectivity index (χ0) is 19.3. The van der Waals surface area contributed by atoms with Crippen molar-refractivity contribution >= 4 is 11.7 Å². The summed E-state index contributed by atoms with van der Waals surface area (Å²) in [6.45, 7) is 4.63. The molecule has 0 aromatic carbocycles. The minimum absolute atomic E-state index is 0.0415. The fourth-order valence-corrected chi connectivity index (χ4v) is 3.44. The molecule has 7 nitrogen and oxygen atoms in total. The molecule has 2 heterocycles. The lowest BCUT2D eigenvalue weighted by atomic mass is 9.96. The Morgan fingerprint density at radius 1 is 1.19 bits per heavy atom. The van der Waals surface area contributed by atoms with Crippen LogP contribution in [0.15, 0.2) is 18.3 Å². The molecule has 2 rings (SSSR count). The number of carbonyl (C=O) groups is 1. The van der Waals surface area contributed by atoms with E-state index in [0.29, 0.717) is 11.5 Å². The van der Waals surface area contributed by atoms with Crippen LogP contribution in [-0.2, 0) is 0 Å². The predicted molar refractivity (Wildman–Crippen MR) is 105 cm³/mol. The van der Waals surface area contributed by atoms with Crippen LogP contribution in [0.5, 0.6) is 0 Å². The lowest BCUT2D eigenvalue weighted by Crippen LogP contribution is -2.35. The number of amides is 1. The minimum atomic E-state index is -0.0415. The van der Waals surface area contributed by atoms with Crippen LogP contribution in [0.3, 0.4) is 0 Å². The molecular weight excluding hydrogens is 330 g/mol. The first-order chi connectivity index (χ1) is 12.3. The molecule has 1 aliphatic rings. The summed E-state index contributed by atoms with van der Waals surface area (Å²) in [5.41, 5.74) is 0.621. The van der Waals surface area contributed by atoms with Crippen LogP contribution in [0.1, 0.15) is 10.4 Å². The van der Waals surface area contributed by atoms with E-state index in [4.69, 9.17) is 0 Å². The van der Waals surface area contributed by atoms with E-state index in [0.717, 1.165) is 38.5 Å². The largest absolute Gasteiger partial charge is 0.396 e. The number of pyridine rings is 1. The molecule has 0 bridgehead atoms. The number of anilines is 1. The monoisotopic (exact) mass is 363 g/mol. The second-order valence-corrected chi connectivity index (χ2v) is 7.75. The quantitative estimate of drug-likeness (QED) is 0.718. The highest BCUT2D eigenvalue weighted by molar-refractivity contribution is 5.98. The molecule has 1 fully saturated rings. The van der Waals surface area contributed by atoms with Gasteiger partial charge in [-0.1, -0.05) is 0 Å². The van der Waals surface area contributed by atoms with Gasteiger partial charge >= 0.3 is 0 Å². The van der Waals surface area contributed by atoms with E-state index in [1.165, 1.54) is 0 Å². The first-order valence-electron chi connectivity index (χ1n) is 9.19. The van der Waals surface area contributed by atoms with Gasteiger partial charge in [0.15, 0.2) is 0 Å². The average Bonchev–Trinajstić information content (AvgIpc) is 3.01. The summed E-state index contributed by atoms with van der Waals surface area (Å²) in [4.78, 5) is 25.2. The normalized spacial score (nSPS) is 20.2. The first-order valence-corrected chi connectivity index (χ1v) is 9.19. The van der Waals surface area contributed by atoms with Crippen LogP contribution in [0.2, 0.25) is 0 Å². The Hall–Kier alpha value is -1.70. The summed E-state index contributed by atoms with van der Waals surface area (Å²) in [6, 6.07) is 3.63. The maximum absolute atomic E-state index is 12.5. The van der Waals surface area contributed by atoms with Crippen LogP contribution in [-0.4, -0.2) is 105 Å². The SMILES string of the molecule is CN(C)CCN(C)C[C@@H]1CN(c2ncccc2C(=O)N(C)C)C[C@@H]1CO. The minimum Gasteiger partial charge on any atom is -0.396 e. The van der Waals surface area contributed by atoms with E-state index in [1.54, 1.807) is 31.3 Å². The van der Waals surface area contributed by atoms with Crippen molar-refractivity contribution in [1.29, 1.82) is 0 Å². The second kappa shape index (κ2) is 9.30. The van der Waals surface area contributed by atoms with Gasteiger partial charge in [-0.2, -0.15) is 0 Å². The Morgan fingerprint density at radius 2 is 1.88 bits per heavy atom. The molecule has 2 atom stereocenters. The van der Waals surface area contributed by atoms with Crippen LogP contribution in [0, 0.1) is 11.8 Å². The zero-order valence-electron chi connectivity index (χ0n) is 16.7. The molecule has 0 unspecified atom stereocenters. The van der Waals surface area contributed by atoms with E-state index < -0.39 is 0 Å². The molecular formula is C19H33N5O2. The third kappa shape index (κ3) is 5.16. The average molecular weight is 364 g/mol. The highest BCUT2D eigenvalue weighted by Crippen LogP contribution is 2.30. The Morgan fingerprint density at radius 3 is 2.50 bits per heavy atom. The Balaban J connectivity index is 2.10. The van der Waals surface area contributed by atoms with Crippen LogP contribution in [0.25, 0.3) is 0 Å². The van der Waals surface area contributed by atoms with Crippen molar-refractivity contribution in [3.05, 3.63) is 23.9 Å². The number of aliphatic hydroxyl groups is 1. The van der Waals surface area contributed by atoms with Gasteiger partial charge in [-0.15, -0.1) is 0 Å². The van der Waals surface area contributed by atoms with E-state index in [1.807, 2.05) is 6.07 Å². The van der Waals surface area contributed by atoms with Crippen LogP contribution in [0.4, 0.5) is 5.82 Å². The lowest BCUT2D eigenvalue weighted by Gasteiger charge is -2.25. The van der Waals surface area contributed by atoms with Crippen molar-refractivity contribution in [1.82, 2.24) is 19.7 Å². The number of nitrogens with zero attached hydrogens (tertiary/aromatic N) is 5. The molecule has 1 N–H and O–H groups in total. The van der Waals surface area contributed by atoms with Gasteiger partial charge in [0, 0.05) is 65.5 Å². The van der Waals surface area contributed by atoms with Gasteiger partial charge in [-0.3, -0.25) is 4.79 Å². The molecule has 1 aromatic heterocycles. The van der Waals surface area contributed by atoms with Crippen molar-refractivity contribution in [2.45, 2.75) is 0 Å². The summed E-state index contributed by atoms with van der Waals surface area (Å²) < 4.78 is 0. The molecule has 146 valence electrons. The maximum atomic E-state index is 12.5. The van der Waals surface area contributed by atoms with Gasteiger partial charge in [-0.05, 0) is 39.2 Å². The third-order valence-electron chi connectivity index (χ3n) is 5.01. The van der Waals surface area contributed by atoms with E-state index in [-0.39, 0.29) is 18.4 Å². The number of aliphatic hydroxyl groups excluding tert-OH is 1. The number of carbonyl (C=O) groups excluding carboxylic acids is 1. The zero-order valence-corrected chi connectivity index (χ0v) is 16.7. The Labute approximate surface area is 157 Å². The molecule has 26 heavy (non-hydrogen) atoms. The highest BCUT2D eigenvalue weighted by Gasteiger charge is 2.35. The van der Waals surface area contributed by atoms with Gasteiger partial charge in [0.05, 0.1) is 5.56 Å². The molecule has 1 aromatic rings. The fourth-order valence-electron chi connectivity index (χ4n) is 3.44. The number of hydrogen-bond acceptors (Lipinski definition) is 6. The third-order valence-corrected chi connectivity index (χ3v) is 5.01. The van der Waals surface area contributed by atoms with Crippen molar-refractivity contribution < 1.29 is 9.90 Å². The Bertz CT molecular complexity index is 593. The smallest absolute Gasteiger partial charge is 0.257 e. The van der Waals surface area contributed by atoms with Gasteiger partial charge < -0.3 is 24.7 Å². The molecule has 1 saturated heterocycles. The summed E-state index contributed by atoms with van der Waals surface area (Å²) in [6.07, 6.45) is 1.73. The first kappa shape index (κ1) is 20.6. The molecule has 0 aliphatic carbocycles. The van der Waals surface area contributed by atoms with E-state index in [9.17, 15) is 9.90 Å². The number of aromatic nitrogens is 1. The summed E-state index contributed by atoms with van der Waals surface area (Å²) in [7, 11) is 9.78. The summed E-state index contributed by atoms with van der Waals surface area (Å²) >= 11 is 0. The molecule has 0 spiro atoms. The van der Waals surface area contributed by atoms with Gasteiger partial charge in [-0.25, -0.2) is 4.98 Å². The van der Waals surface area contributed by atoms with Crippen molar-refractivity contribution in [2.24, 2.45) is 11.8 Å². The topological polar surface area (TPSA) is 63.2 Å². The van der Waals surface area contributed by atoms with E-state index in [2.05, 4.69) is 40.8 Å². The Kier molecular flexibility index (Phi) is 7.37. The fraction of sp³-hybridized carbons (Fsp3) is 0.684. The van der Waals surface area contributed by atoms with Crippen LogP contribution < -0.4 is 4.90 Å². The summed E-state index contributed by atoms with van der Waals surface area (Å²) in [5, 5.41) is 9.85. The number of rotatable bonds is 8. The number of likely N-dealkylation sites (N-methyl/N-ethyl adjacent to an activating group) is 2. The van der Waals surface area contributed by atoms with Crippen molar-refractivity contribution in [2.75, 3.05) is 79.5 Å². The van der Waals surface area contributed by atoms with Gasteiger partial charge in [0.25, 0.3) is 5.91 Å². The standard InChI is InChI=1S/C19H33N5O2/c1-21(2)9-10-23(5)11-15-12-24(13-16(15)14-25)18-17(7-6-8-20-18)19(26)22(3)4/h6-8,15-16,25H,9-14H2,1-5H3/t15-,16-/m1/s1. The lowest BCUT2D eigenvalue weighted by molar-refractivity contribution is 0.0828. The molecule has 1 amide bonds. The molecule has 1 aliphatic heterocycles. The molecule has 0 radical (unpaired) electrons. The van der Waals surface area contributed by atoms with E-state index >= 15 is 0 Å². The van der Waals surface area contributed by atoms with Gasteiger partial charge in [0.2, 0.25) is 0 Å². The highest BCUT2D eigenvalue weighted by atomic mass is 16.3. The molecule has 7 heteroatoms. The number of hydrogen-bond donors (Lipinski definition) is 1. The van der Waals surface area contributed by atoms with Crippen molar-refractivity contribution in [3.63, 3.8) is 0 Å². The van der Waals surface area contributed by atoms with Gasteiger partial charge in [0.1, 0.15) is 5.82 Å². The molecule has 0 saturated carbocycles. The maximum Gasteiger partial charge on any atom is 0.257 e. The second-order valence-electron chi connectivity index (χ2n) is 7.75. The predicted octanol–water partition coefficient (Wildman–Crippen LogP) is 0.322. The van der Waals surface area contributed by atoms with Crippen molar-refractivity contribution in [3.8, 4) is 0 Å². The summed E-state index contributed by atoms with van der Waals surface area (Å²) in [5.74, 6) is 1.24.